The zero-order valence-corrected chi connectivity index (χ0v) is 18.8. The Bertz CT molecular complexity index is 991. The second kappa shape index (κ2) is 10.5. The molecule has 0 saturated heterocycles. The number of hydrogen-bond donors (Lipinski definition) is 1. The number of rotatable bonds is 9. The monoisotopic (exact) mass is 444 g/mol. The highest BCUT2D eigenvalue weighted by molar-refractivity contribution is 7.99. The first kappa shape index (κ1) is 22.2. The summed E-state index contributed by atoms with van der Waals surface area (Å²) < 4.78 is 7.54. The van der Waals surface area contributed by atoms with Gasteiger partial charge >= 0.3 is 0 Å². The van der Waals surface area contributed by atoms with E-state index >= 15 is 0 Å². The van der Waals surface area contributed by atoms with Gasteiger partial charge in [0.25, 0.3) is 0 Å². The lowest BCUT2D eigenvalue weighted by Crippen LogP contribution is -2.28. The van der Waals surface area contributed by atoms with E-state index in [1.54, 1.807) is 12.1 Å². The van der Waals surface area contributed by atoms with Crippen LogP contribution in [0, 0.1) is 0 Å². The predicted molar refractivity (Wildman–Crippen MR) is 120 cm³/mol. The molecule has 1 heterocycles. The minimum Gasteiger partial charge on any atom is -0.484 e. The molecule has 0 fully saturated rings. The number of nitrogens with one attached hydrogen (secondary N) is 1. The minimum atomic E-state index is -0.0527. The van der Waals surface area contributed by atoms with Crippen molar-refractivity contribution in [1.82, 2.24) is 20.1 Å². The molecular weight excluding hydrogens is 420 g/mol. The number of thioether (sulfide) groups is 1. The summed E-state index contributed by atoms with van der Waals surface area (Å²) in [6.07, 6.45) is 1.00. The Morgan fingerprint density at radius 1 is 1.20 bits per heavy atom. The van der Waals surface area contributed by atoms with Crippen molar-refractivity contribution in [3.8, 4) is 5.75 Å². The largest absolute Gasteiger partial charge is 0.484 e. The third-order valence-electron chi connectivity index (χ3n) is 4.72. The lowest BCUT2D eigenvalue weighted by molar-refractivity contribution is -0.119. The molecule has 0 bridgehead atoms. The van der Waals surface area contributed by atoms with Gasteiger partial charge < -0.3 is 14.6 Å². The highest BCUT2D eigenvalue weighted by Crippen LogP contribution is 2.24. The molecule has 0 radical (unpaired) electrons. The molecule has 0 spiro atoms. The fourth-order valence-electron chi connectivity index (χ4n) is 2.84. The fourth-order valence-corrected chi connectivity index (χ4v) is 3.77. The first-order valence-electron chi connectivity index (χ1n) is 9.74. The second-order valence-electron chi connectivity index (χ2n) is 6.85. The molecule has 158 valence electrons. The van der Waals surface area contributed by atoms with Crippen molar-refractivity contribution in [3.05, 3.63) is 70.5 Å². The zero-order valence-electron chi connectivity index (χ0n) is 17.3. The Hall–Kier alpha value is -2.51. The number of benzene rings is 2. The molecule has 0 aliphatic heterocycles. The van der Waals surface area contributed by atoms with Crippen LogP contribution in [0.4, 0.5) is 0 Å². The van der Waals surface area contributed by atoms with Crippen LogP contribution in [0.3, 0.4) is 0 Å². The van der Waals surface area contributed by atoms with Crippen molar-refractivity contribution in [1.29, 1.82) is 0 Å². The Morgan fingerprint density at radius 2 is 1.93 bits per heavy atom. The van der Waals surface area contributed by atoms with E-state index in [0.717, 1.165) is 12.0 Å². The number of nitrogens with zero attached hydrogens (tertiary/aromatic N) is 3. The average Bonchev–Trinajstić information content (AvgIpc) is 3.11. The van der Waals surface area contributed by atoms with E-state index in [0.29, 0.717) is 21.8 Å². The smallest absolute Gasteiger partial charge is 0.230 e. The summed E-state index contributed by atoms with van der Waals surface area (Å²) in [6.45, 7) is 4.35. The van der Waals surface area contributed by atoms with E-state index in [9.17, 15) is 4.79 Å². The Balaban J connectivity index is 1.50. The number of aryl methyl sites for hydroxylation is 1. The van der Waals surface area contributed by atoms with Gasteiger partial charge in [0.2, 0.25) is 5.91 Å². The summed E-state index contributed by atoms with van der Waals surface area (Å²) in [5, 5.41) is 12.5. The number of aromatic nitrogens is 3. The first-order valence-corrected chi connectivity index (χ1v) is 11.1. The third-order valence-corrected chi connectivity index (χ3v) is 6.05. The number of hydrogen-bond acceptors (Lipinski definition) is 5. The van der Waals surface area contributed by atoms with Crippen molar-refractivity contribution >= 4 is 29.3 Å². The standard InChI is InChI=1S/C22H25ClN4O2S/c1-4-16-9-11-17(12-10-16)15(2)24-21(28)14-30-22-26-25-20(27(22)3)13-29-19-8-6-5-7-18(19)23/h5-12,15H,4,13-14H2,1-3H3,(H,24,28). The number of carbonyl (C=O) groups is 1. The van der Waals surface area contributed by atoms with Gasteiger partial charge in [0.15, 0.2) is 11.0 Å². The molecule has 8 heteroatoms. The van der Waals surface area contributed by atoms with Gasteiger partial charge in [0.1, 0.15) is 12.4 Å². The van der Waals surface area contributed by atoms with Crippen LogP contribution in [0.2, 0.25) is 5.02 Å². The Labute approximate surface area is 186 Å². The van der Waals surface area contributed by atoms with E-state index in [1.807, 2.05) is 30.7 Å². The maximum Gasteiger partial charge on any atom is 0.230 e. The molecule has 0 aliphatic carbocycles. The number of ether oxygens (including phenoxy) is 1. The molecule has 3 rings (SSSR count). The van der Waals surface area contributed by atoms with E-state index < -0.39 is 0 Å². The van der Waals surface area contributed by atoms with Gasteiger partial charge in [-0.1, -0.05) is 66.7 Å². The quantitative estimate of drug-likeness (QED) is 0.489. The topological polar surface area (TPSA) is 69.0 Å². The zero-order chi connectivity index (χ0) is 21.5. The SMILES string of the molecule is CCc1ccc(C(C)NC(=O)CSc2nnc(COc3ccccc3Cl)n2C)cc1. The Kier molecular flexibility index (Phi) is 7.76. The molecular formula is C22H25ClN4O2S. The van der Waals surface area contributed by atoms with Crippen LogP contribution in [0.15, 0.2) is 53.7 Å². The number of para-hydroxylation sites is 1. The Morgan fingerprint density at radius 3 is 2.63 bits per heavy atom. The van der Waals surface area contributed by atoms with Crippen LogP contribution in [0.1, 0.15) is 36.8 Å². The maximum absolute atomic E-state index is 12.4. The van der Waals surface area contributed by atoms with Gasteiger partial charge in [-0.2, -0.15) is 0 Å². The van der Waals surface area contributed by atoms with Gasteiger partial charge in [-0.05, 0) is 36.6 Å². The highest BCUT2D eigenvalue weighted by atomic mass is 35.5. The van der Waals surface area contributed by atoms with Crippen LogP contribution >= 0.6 is 23.4 Å². The van der Waals surface area contributed by atoms with Gasteiger partial charge in [-0.25, -0.2) is 0 Å². The van der Waals surface area contributed by atoms with Gasteiger partial charge in [-0.15, -0.1) is 10.2 Å². The van der Waals surface area contributed by atoms with Gasteiger partial charge in [0, 0.05) is 7.05 Å². The van der Waals surface area contributed by atoms with E-state index in [2.05, 4.69) is 46.7 Å². The lowest BCUT2D eigenvalue weighted by Gasteiger charge is -2.14. The molecule has 30 heavy (non-hydrogen) atoms. The molecule has 1 N–H and O–H groups in total. The number of amides is 1. The molecule has 1 amide bonds. The van der Waals surface area contributed by atoms with Gasteiger partial charge in [-0.3, -0.25) is 4.79 Å². The minimum absolute atomic E-state index is 0.0519. The summed E-state index contributed by atoms with van der Waals surface area (Å²) in [7, 11) is 1.85. The molecule has 1 unspecified atom stereocenters. The predicted octanol–water partition coefficient (Wildman–Crippen LogP) is 4.58. The van der Waals surface area contributed by atoms with Crippen molar-refractivity contribution in [2.45, 2.75) is 38.1 Å². The molecule has 1 aromatic heterocycles. The van der Waals surface area contributed by atoms with Crippen LogP contribution < -0.4 is 10.1 Å². The highest BCUT2D eigenvalue weighted by Gasteiger charge is 2.14. The van der Waals surface area contributed by atoms with Crippen LogP contribution in [-0.2, 0) is 24.9 Å². The van der Waals surface area contributed by atoms with Crippen molar-refractivity contribution < 1.29 is 9.53 Å². The fraction of sp³-hybridized carbons (Fsp3) is 0.318. The van der Waals surface area contributed by atoms with Crippen LogP contribution in [-0.4, -0.2) is 26.4 Å². The summed E-state index contributed by atoms with van der Waals surface area (Å²) in [4.78, 5) is 12.4. The summed E-state index contributed by atoms with van der Waals surface area (Å²) in [6, 6.07) is 15.5. The van der Waals surface area contributed by atoms with E-state index in [1.165, 1.54) is 17.3 Å². The van der Waals surface area contributed by atoms with Crippen molar-refractivity contribution in [3.63, 3.8) is 0 Å². The third kappa shape index (κ3) is 5.77. The molecule has 0 aliphatic rings. The lowest BCUT2D eigenvalue weighted by atomic mass is 10.1. The normalized spacial score (nSPS) is 11.9. The number of halogens is 1. The van der Waals surface area contributed by atoms with E-state index in [-0.39, 0.29) is 24.3 Å². The van der Waals surface area contributed by atoms with E-state index in [4.69, 9.17) is 16.3 Å². The molecule has 0 saturated carbocycles. The molecule has 2 aromatic carbocycles. The molecule has 1 atom stereocenters. The first-order chi connectivity index (χ1) is 14.5. The van der Waals surface area contributed by atoms with Gasteiger partial charge in [0.05, 0.1) is 16.8 Å². The molecule has 6 nitrogen and oxygen atoms in total. The maximum atomic E-state index is 12.4. The summed E-state index contributed by atoms with van der Waals surface area (Å²) in [5.74, 6) is 1.46. The van der Waals surface area contributed by atoms with Crippen molar-refractivity contribution in [2.24, 2.45) is 7.05 Å². The second-order valence-corrected chi connectivity index (χ2v) is 8.20. The summed E-state index contributed by atoms with van der Waals surface area (Å²) >= 11 is 7.44. The average molecular weight is 445 g/mol. The summed E-state index contributed by atoms with van der Waals surface area (Å²) in [5.41, 5.74) is 2.37. The van der Waals surface area contributed by atoms with Crippen LogP contribution in [0.25, 0.3) is 0 Å². The molecule has 3 aromatic rings. The number of carbonyl (C=O) groups excluding carboxylic acids is 1. The van der Waals surface area contributed by atoms with Crippen molar-refractivity contribution in [2.75, 3.05) is 5.75 Å². The van der Waals surface area contributed by atoms with Crippen LogP contribution in [0.5, 0.6) is 5.75 Å².